The number of rotatable bonds is 6. The van der Waals surface area contributed by atoms with Gasteiger partial charge in [-0.25, -0.2) is 14.2 Å². The highest BCUT2D eigenvalue weighted by molar-refractivity contribution is 6.00. The zero-order valence-electron chi connectivity index (χ0n) is 16.9. The molecule has 0 saturated heterocycles. The molecule has 0 saturated carbocycles. The van der Waals surface area contributed by atoms with E-state index in [2.05, 4.69) is 39.2 Å². The maximum atomic E-state index is 13.6. The molecule has 0 unspecified atom stereocenters. The van der Waals surface area contributed by atoms with Crippen molar-refractivity contribution in [2.45, 2.75) is 13.3 Å². The Bertz CT molecular complexity index is 1020. The lowest BCUT2D eigenvalue weighted by Gasteiger charge is -2.11. The summed E-state index contributed by atoms with van der Waals surface area (Å²) in [6, 6.07) is 11.1. The second-order valence-corrected chi connectivity index (χ2v) is 6.15. The van der Waals surface area contributed by atoms with Gasteiger partial charge in [-0.1, -0.05) is 24.3 Å². The van der Waals surface area contributed by atoms with E-state index in [0.717, 1.165) is 11.3 Å². The zero-order chi connectivity index (χ0) is 21.9. The van der Waals surface area contributed by atoms with Crippen LogP contribution in [0.25, 0.3) is 0 Å². The Morgan fingerprint density at radius 3 is 2.67 bits per heavy atom. The number of aromatic nitrogens is 1. The van der Waals surface area contributed by atoms with Gasteiger partial charge in [0.1, 0.15) is 11.6 Å². The van der Waals surface area contributed by atoms with Gasteiger partial charge in [-0.05, 0) is 43.5 Å². The molecule has 3 rings (SSSR count). The predicted octanol–water partition coefficient (Wildman–Crippen LogP) is 5.56. The molecule has 7 nitrogen and oxygen atoms in total. The molecule has 2 aromatic carbocycles. The van der Waals surface area contributed by atoms with Gasteiger partial charge in [-0.2, -0.15) is 0 Å². The molecule has 0 aliphatic heterocycles. The van der Waals surface area contributed by atoms with Crippen LogP contribution in [-0.2, 0) is 6.42 Å². The van der Waals surface area contributed by atoms with E-state index in [9.17, 15) is 9.18 Å². The van der Waals surface area contributed by atoms with Crippen molar-refractivity contribution in [2.24, 2.45) is 4.99 Å². The number of carbonyl (C=O) groups is 1. The molecule has 156 valence electrons. The van der Waals surface area contributed by atoms with Crippen LogP contribution in [0.1, 0.15) is 11.3 Å². The SMILES string of the molecule is C=CCc1cnc(Nc2cc(NC(=O)Nc3ccccc3F)ccc2C)o1.C=NC. The summed E-state index contributed by atoms with van der Waals surface area (Å²) < 4.78 is 19.2. The Hall–Kier alpha value is -3.94. The number of oxazole rings is 1. The summed E-state index contributed by atoms with van der Waals surface area (Å²) in [5.74, 6) is 0.196. The molecule has 0 aliphatic carbocycles. The van der Waals surface area contributed by atoms with Crippen molar-refractivity contribution in [3.05, 3.63) is 78.5 Å². The third kappa shape index (κ3) is 6.59. The van der Waals surface area contributed by atoms with Crippen molar-refractivity contribution in [3.8, 4) is 0 Å². The molecule has 0 bridgehead atoms. The largest absolute Gasteiger partial charge is 0.428 e. The molecule has 0 aliphatic rings. The van der Waals surface area contributed by atoms with Crippen LogP contribution in [-0.4, -0.2) is 24.8 Å². The van der Waals surface area contributed by atoms with Gasteiger partial charge in [0.15, 0.2) is 0 Å². The molecule has 0 fully saturated rings. The Morgan fingerprint density at radius 1 is 1.23 bits per heavy atom. The highest BCUT2D eigenvalue weighted by Gasteiger charge is 2.09. The van der Waals surface area contributed by atoms with Crippen molar-refractivity contribution in [1.82, 2.24) is 4.98 Å². The molecule has 0 radical (unpaired) electrons. The summed E-state index contributed by atoms with van der Waals surface area (Å²) in [5.41, 5.74) is 2.31. The highest BCUT2D eigenvalue weighted by atomic mass is 19.1. The van der Waals surface area contributed by atoms with Gasteiger partial charge in [0.2, 0.25) is 0 Å². The molecule has 3 N–H and O–H groups in total. The number of halogens is 1. The van der Waals surface area contributed by atoms with E-state index in [1.165, 1.54) is 12.1 Å². The van der Waals surface area contributed by atoms with Crippen molar-refractivity contribution in [2.75, 3.05) is 23.0 Å². The number of benzene rings is 2. The molecule has 0 spiro atoms. The molecule has 3 aromatic rings. The molecule has 8 heteroatoms. The average Bonchev–Trinajstić information content (AvgIpc) is 3.14. The molecule has 2 amide bonds. The first-order valence-electron chi connectivity index (χ1n) is 9.07. The van der Waals surface area contributed by atoms with E-state index in [1.54, 1.807) is 43.6 Å². The van der Waals surface area contributed by atoms with Crippen LogP contribution in [0.3, 0.4) is 0 Å². The zero-order valence-corrected chi connectivity index (χ0v) is 16.9. The van der Waals surface area contributed by atoms with Crippen molar-refractivity contribution < 1.29 is 13.6 Å². The van der Waals surface area contributed by atoms with E-state index in [1.807, 2.05) is 13.0 Å². The fourth-order valence-corrected chi connectivity index (χ4v) is 2.40. The van der Waals surface area contributed by atoms with Crippen molar-refractivity contribution >= 4 is 35.8 Å². The summed E-state index contributed by atoms with van der Waals surface area (Å²) in [5, 5.41) is 8.23. The molecule has 0 atom stereocenters. The van der Waals surface area contributed by atoms with Gasteiger partial charge in [0, 0.05) is 24.8 Å². The number of urea groups is 1. The first-order chi connectivity index (χ1) is 14.5. The van der Waals surface area contributed by atoms with Crippen molar-refractivity contribution in [3.63, 3.8) is 0 Å². The standard InChI is InChI=1S/C20H19FN4O2.C2H5N/c1-3-6-15-12-22-20(27-15)25-18-11-14(10-9-13(18)2)23-19(26)24-17-8-5-4-7-16(17)21;1-3-2/h3-5,7-12H,1,6H2,2H3,(H,22,25)(H2,23,24,26);1H2,2H3. The number of aryl methyl sites for hydroxylation is 1. The number of anilines is 4. The van der Waals surface area contributed by atoms with Crippen LogP contribution in [0.2, 0.25) is 0 Å². The van der Waals surface area contributed by atoms with Gasteiger partial charge >= 0.3 is 6.03 Å². The van der Waals surface area contributed by atoms with E-state index >= 15 is 0 Å². The summed E-state index contributed by atoms with van der Waals surface area (Å²) in [7, 11) is 1.64. The number of aliphatic imine (C=N–C) groups is 1. The van der Waals surface area contributed by atoms with Gasteiger partial charge in [-0.15, -0.1) is 6.58 Å². The Balaban J connectivity index is 0.00000101. The summed E-state index contributed by atoms with van der Waals surface area (Å²) in [6.07, 6.45) is 3.95. The van der Waals surface area contributed by atoms with E-state index < -0.39 is 11.8 Å². The quantitative estimate of drug-likeness (QED) is 0.367. The van der Waals surface area contributed by atoms with E-state index in [0.29, 0.717) is 23.9 Å². The lowest BCUT2D eigenvalue weighted by Crippen LogP contribution is -2.20. The van der Waals surface area contributed by atoms with Crippen LogP contribution < -0.4 is 16.0 Å². The number of nitrogens with one attached hydrogen (secondary N) is 3. The van der Waals surface area contributed by atoms with Crippen LogP contribution in [0.15, 0.2) is 70.7 Å². The average molecular weight is 409 g/mol. The topological polar surface area (TPSA) is 91.5 Å². The normalized spacial score (nSPS) is 9.70. The second-order valence-electron chi connectivity index (χ2n) is 6.15. The van der Waals surface area contributed by atoms with Gasteiger partial charge in [-0.3, -0.25) is 0 Å². The number of para-hydroxylation sites is 1. The molecule has 1 heterocycles. The molecular formula is C22H24FN5O2. The second kappa shape index (κ2) is 11.2. The van der Waals surface area contributed by atoms with Crippen LogP contribution in [0.4, 0.5) is 32.3 Å². The fourth-order valence-electron chi connectivity index (χ4n) is 2.40. The number of amides is 2. The number of nitrogens with zero attached hydrogens (tertiary/aromatic N) is 2. The van der Waals surface area contributed by atoms with Gasteiger partial charge in [0.05, 0.1) is 11.9 Å². The van der Waals surface area contributed by atoms with Crippen molar-refractivity contribution in [1.29, 1.82) is 0 Å². The Labute approximate surface area is 174 Å². The molecule has 30 heavy (non-hydrogen) atoms. The van der Waals surface area contributed by atoms with Crippen LogP contribution >= 0.6 is 0 Å². The van der Waals surface area contributed by atoms with Crippen LogP contribution in [0.5, 0.6) is 0 Å². The fraction of sp³-hybridized carbons (Fsp3) is 0.136. The minimum atomic E-state index is -0.542. The third-order valence-electron chi connectivity index (χ3n) is 3.76. The van der Waals surface area contributed by atoms with Gasteiger partial charge < -0.3 is 25.4 Å². The number of allylic oxidation sites excluding steroid dienone is 1. The number of hydrogen-bond donors (Lipinski definition) is 3. The number of hydrogen-bond acceptors (Lipinski definition) is 5. The van der Waals surface area contributed by atoms with Gasteiger partial charge in [0.25, 0.3) is 6.01 Å². The monoisotopic (exact) mass is 409 g/mol. The minimum absolute atomic E-state index is 0.106. The first-order valence-corrected chi connectivity index (χ1v) is 9.07. The maximum Gasteiger partial charge on any atom is 0.323 e. The lowest BCUT2D eigenvalue weighted by atomic mass is 10.2. The highest BCUT2D eigenvalue weighted by Crippen LogP contribution is 2.24. The van der Waals surface area contributed by atoms with Crippen LogP contribution in [0, 0.1) is 12.7 Å². The van der Waals surface area contributed by atoms with E-state index in [4.69, 9.17) is 4.42 Å². The maximum absolute atomic E-state index is 13.6. The smallest absolute Gasteiger partial charge is 0.323 e. The third-order valence-corrected chi connectivity index (χ3v) is 3.76. The number of carbonyl (C=O) groups excluding carboxylic acids is 1. The Morgan fingerprint density at radius 2 is 1.97 bits per heavy atom. The first kappa shape index (κ1) is 22.4. The predicted molar refractivity (Wildman–Crippen MR) is 119 cm³/mol. The summed E-state index contributed by atoms with van der Waals surface area (Å²) >= 11 is 0. The minimum Gasteiger partial charge on any atom is -0.428 e. The lowest BCUT2D eigenvalue weighted by molar-refractivity contribution is 0.262. The Kier molecular flexibility index (Phi) is 8.31. The molecular weight excluding hydrogens is 385 g/mol. The molecule has 1 aromatic heterocycles. The summed E-state index contributed by atoms with van der Waals surface area (Å²) in [4.78, 5) is 19.5. The summed E-state index contributed by atoms with van der Waals surface area (Å²) in [6.45, 7) is 8.69. The van der Waals surface area contributed by atoms with E-state index in [-0.39, 0.29) is 5.69 Å².